The van der Waals surface area contributed by atoms with Gasteiger partial charge in [-0.1, -0.05) is 0 Å². The average molecular weight is 226 g/mol. The van der Waals surface area contributed by atoms with E-state index in [9.17, 15) is 9.18 Å². The van der Waals surface area contributed by atoms with Crippen LogP contribution in [0.2, 0.25) is 0 Å². The van der Waals surface area contributed by atoms with Crippen LogP contribution in [-0.4, -0.2) is 42.6 Å². The quantitative estimate of drug-likeness (QED) is 0.727. The first-order valence-corrected chi connectivity index (χ1v) is 4.94. The van der Waals surface area contributed by atoms with Crippen LogP contribution in [0.1, 0.15) is 17.3 Å². The van der Waals surface area contributed by atoms with Crippen molar-refractivity contribution in [3.63, 3.8) is 0 Å². The van der Waals surface area contributed by atoms with Crippen LogP contribution in [0.4, 0.5) is 4.39 Å². The summed E-state index contributed by atoms with van der Waals surface area (Å²) < 4.78 is 17.8. The standard InChI is InChI=1S/C11H15FN2O2/c1-8(7-16-3)14(2)11(15)9-4-5-13-10(12)6-9/h4-6,8H,7H2,1-3H3. The molecule has 0 aliphatic heterocycles. The molecule has 1 aromatic heterocycles. The molecule has 0 aliphatic carbocycles. The zero-order valence-corrected chi connectivity index (χ0v) is 9.61. The van der Waals surface area contributed by atoms with Gasteiger partial charge in [0.1, 0.15) is 0 Å². The van der Waals surface area contributed by atoms with Crippen LogP contribution < -0.4 is 0 Å². The first kappa shape index (κ1) is 12.6. The molecule has 0 aromatic carbocycles. The van der Waals surface area contributed by atoms with Crippen LogP contribution in [-0.2, 0) is 4.74 Å². The largest absolute Gasteiger partial charge is 0.383 e. The smallest absolute Gasteiger partial charge is 0.254 e. The highest BCUT2D eigenvalue weighted by Crippen LogP contribution is 2.07. The van der Waals surface area contributed by atoms with E-state index in [4.69, 9.17) is 4.74 Å². The van der Waals surface area contributed by atoms with Crippen molar-refractivity contribution in [2.24, 2.45) is 0 Å². The number of rotatable bonds is 4. The summed E-state index contributed by atoms with van der Waals surface area (Å²) in [6.45, 7) is 2.30. The van der Waals surface area contributed by atoms with Gasteiger partial charge in [-0.2, -0.15) is 4.39 Å². The Labute approximate surface area is 94.0 Å². The second-order valence-electron chi connectivity index (χ2n) is 3.59. The number of ether oxygens (including phenoxy) is 1. The van der Waals surface area contributed by atoms with Gasteiger partial charge in [-0.3, -0.25) is 4.79 Å². The Morgan fingerprint density at radius 3 is 2.94 bits per heavy atom. The van der Waals surface area contributed by atoms with Crippen molar-refractivity contribution in [1.29, 1.82) is 0 Å². The molecule has 0 bridgehead atoms. The third-order valence-corrected chi connectivity index (χ3v) is 2.36. The van der Waals surface area contributed by atoms with Crippen molar-refractivity contribution in [3.8, 4) is 0 Å². The molecule has 1 heterocycles. The molecule has 1 unspecified atom stereocenters. The molecule has 1 rings (SSSR count). The Kier molecular flexibility index (Phi) is 4.37. The molecule has 4 nitrogen and oxygen atoms in total. The number of hydrogen-bond donors (Lipinski definition) is 0. The fourth-order valence-corrected chi connectivity index (χ4v) is 1.29. The zero-order valence-electron chi connectivity index (χ0n) is 9.61. The Morgan fingerprint density at radius 2 is 2.38 bits per heavy atom. The van der Waals surface area contributed by atoms with Crippen molar-refractivity contribution in [2.45, 2.75) is 13.0 Å². The predicted octanol–water partition coefficient (Wildman–Crippen LogP) is 1.33. The third-order valence-electron chi connectivity index (χ3n) is 2.36. The Morgan fingerprint density at radius 1 is 1.69 bits per heavy atom. The minimum atomic E-state index is -0.654. The van der Waals surface area contributed by atoms with Gasteiger partial charge in [0, 0.05) is 32.0 Å². The van der Waals surface area contributed by atoms with Gasteiger partial charge in [-0.15, -0.1) is 0 Å². The predicted molar refractivity (Wildman–Crippen MR) is 57.6 cm³/mol. The summed E-state index contributed by atoms with van der Waals surface area (Å²) in [6, 6.07) is 2.55. The molecule has 0 spiro atoms. The van der Waals surface area contributed by atoms with E-state index in [0.717, 1.165) is 6.07 Å². The number of halogens is 1. The summed E-state index contributed by atoms with van der Waals surface area (Å²) in [5.41, 5.74) is 0.290. The van der Waals surface area contributed by atoms with Crippen LogP contribution in [0.15, 0.2) is 18.3 Å². The highest BCUT2D eigenvalue weighted by Gasteiger charge is 2.17. The molecule has 0 saturated carbocycles. The molecule has 0 saturated heterocycles. The molecule has 0 radical (unpaired) electrons. The minimum absolute atomic E-state index is 0.0614. The molecule has 0 aliphatic rings. The van der Waals surface area contributed by atoms with Crippen LogP contribution in [0.3, 0.4) is 0 Å². The average Bonchev–Trinajstić information content (AvgIpc) is 2.27. The summed E-state index contributed by atoms with van der Waals surface area (Å²) in [7, 11) is 3.23. The maximum absolute atomic E-state index is 12.8. The third kappa shape index (κ3) is 3.00. The lowest BCUT2D eigenvalue weighted by molar-refractivity contribution is 0.0633. The van der Waals surface area contributed by atoms with Gasteiger partial charge in [0.2, 0.25) is 5.95 Å². The van der Waals surface area contributed by atoms with Crippen molar-refractivity contribution < 1.29 is 13.9 Å². The number of nitrogens with zero attached hydrogens (tertiary/aromatic N) is 2. The zero-order chi connectivity index (χ0) is 12.1. The van der Waals surface area contributed by atoms with Crippen molar-refractivity contribution >= 4 is 5.91 Å². The van der Waals surface area contributed by atoms with Gasteiger partial charge in [-0.05, 0) is 13.0 Å². The van der Waals surface area contributed by atoms with E-state index in [1.807, 2.05) is 6.92 Å². The van der Waals surface area contributed by atoms with E-state index in [1.54, 1.807) is 14.2 Å². The lowest BCUT2D eigenvalue weighted by Gasteiger charge is -2.24. The molecule has 16 heavy (non-hydrogen) atoms. The summed E-state index contributed by atoms with van der Waals surface area (Å²) in [5.74, 6) is -0.899. The summed E-state index contributed by atoms with van der Waals surface area (Å²) in [5, 5.41) is 0. The van der Waals surface area contributed by atoms with E-state index in [0.29, 0.717) is 6.61 Å². The molecular formula is C11H15FN2O2. The first-order chi connectivity index (χ1) is 7.56. The summed E-state index contributed by atoms with van der Waals surface area (Å²) >= 11 is 0. The van der Waals surface area contributed by atoms with Crippen molar-refractivity contribution in [3.05, 3.63) is 29.8 Å². The highest BCUT2D eigenvalue weighted by molar-refractivity contribution is 5.94. The number of carbonyl (C=O) groups excluding carboxylic acids is 1. The fraction of sp³-hybridized carbons (Fsp3) is 0.455. The molecule has 88 valence electrons. The number of pyridine rings is 1. The van der Waals surface area contributed by atoms with Gasteiger partial charge in [0.25, 0.3) is 5.91 Å². The molecule has 0 N–H and O–H groups in total. The van der Waals surface area contributed by atoms with E-state index < -0.39 is 5.95 Å². The molecule has 0 fully saturated rings. The van der Waals surface area contributed by atoms with Gasteiger partial charge < -0.3 is 9.64 Å². The minimum Gasteiger partial charge on any atom is -0.383 e. The van der Waals surface area contributed by atoms with Crippen LogP contribution >= 0.6 is 0 Å². The molecule has 1 aromatic rings. The van der Waals surface area contributed by atoms with E-state index in [2.05, 4.69) is 4.98 Å². The molecule has 5 heteroatoms. The number of likely N-dealkylation sites (N-methyl/N-ethyl adjacent to an activating group) is 1. The first-order valence-electron chi connectivity index (χ1n) is 4.94. The monoisotopic (exact) mass is 226 g/mol. The van der Waals surface area contributed by atoms with Gasteiger partial charge in [0.05, 0.1) is 12.6 Å². The summed E-state index contributed by atoms with van der Waals surface area (Å²) in [6.07, 6.45) is 1.28. The second kappa shape index (κ2) is 5.55. The number of methoxy groups -OCH3 is 1. The maximum Gasteiger partial charge on any atom is 0.254 e. The number of aromatic nitrogens is 1. The molecular weight excluding hydrogens is 211 g/mol. The van der Waals surface area contributed by atoms with Crippen LogP contribution in [0.5, 0.6) is 0 Å². The lowest BCUT2D eigenvalue weighted by atomic mass is 10.2. The van der Waals surface area contributed by atoms with Crippen molar-refractivity contribution in [1.82, 2.24) is 9.88 Å². The van der Waals surface area contributed by atoms with Gasteiger partial charge in [-0.25, -0.2) is 4.98 Å². The lowest BCUT2D eigenvalue weighted by Crippen LogP contribution is -2.37. The number of hydrogen-bond acceptors (Lipinski definition) is 3. The number of carbonyl (C=O) groups is 1. The van der Waals surface area contributed by atoms with Crippen LogP contribution in [0.25, 0.3) is 0 Å². The Balaban J connectivity index is 2.77. The summed E-state index contributed by atoms with van der Waals surface area (Å²) in [4.78, 5) is 16.8. The maximum atomic E-state index is 12.8. The Hall–Kier alpha value is -1.49. The number of amides is 1. The van der Waals surface area contributed by atoms with E-state index >= 15 is 0 Å². The topological polar surface area (TPSA) is 42.4 Å². The highest BCUT2D eigenvalue weighted by atomic mass is 19.1. The van der Waals surface area contributed by atoms with E-state index in [1.165, 1.54) is 17.2 Å². The molecule has 1 atom stereocenters. The van der Waals surface area contributed by atoms with Crippen molar-refractivity contribution in [2.75, 3.05) is 20.8 Å². The SMILES string of the molecule is COCC(C)N(C)C(=O)c1ccnc(F)c1. The van der Waals surface area contributed by atoms with E-state index in [-0.39, 0.29) is 17.5 Å². The van der Waals surface area contributed by atoms with Gasteiger partial charge in [0.15, 0.2) is 0 Å². The van der Waals surface area contributed by atoms with Crippen LogP contribution in [0, 0.1) is 5.95 Å². The normalized spacial score (nSPS) is 12.2. The second-order valence-corrected chi connectivity index (χ2v) is 3.59. The Bertz CT molecular complexity index is 371. The van der Waals surface area contributed by atoms with Gasteiger partial charge >= 0.3 is 0 Å². The molecule has 1 amide bonds. The fourth-order valence-electron chi connectivity index (χ4n) is 1.29.